The molecule has 23 heavy (non-hydrogen) atoms. The lowest BCUT2D eigenvalue weighted by Gasteiger charge is -2.03. The van der Waals surface area contributed by atoms with Crippen molar-refractivity contribution in [1.29, 1.82) is 5.26 Å². The first kappa shape index (κ1) is 16.0. The molecule has 0 bridgehead atoms. The first-order valence-corrected chi connectivity index (χ1v) is 6.80. The van der Waals surface area contributed by atoms with Gasteiger partial charge in [-0.3, -0.25) is 4.79 Å². The standard InChI is InChI=1S/C17H15N3O3/c1-22-16-8-6-15(7-9-16)20-17(21)11-19-23-12-14-4-2-13(10-18)3-5-14/h2-9,11H,12H2,1H3,(H,20,21)/b19-11+. The lowest BCUT2D eigenvalue weighted by atomic mass is 10.2. The molecular weight excluding hydrogens is 294 g/mol. The van der Waals surface area contributed by atoms with Gasteiger partial charge in [-0.1, -0.05) is 17.3 Å². The van der Waals surface area contributed by atoms with Gasteiger partial charge >= 0.3 is 0 Å². The summed E-state index contributed by atoms with van der Waals surface area (Å²) >= 11 is 0. The van der Waals surface area contributed by atoms with Crippen LogP contribution in [-0.2, 0) is 16.2 Å². The van der Waals surface area contributed by atoms with Gasteiger partial charge in [-0.15, -0.1) is 0 Å². The fourth-order valence-corrected chi connectivity index (χ4v) is 1.72. The fourth-order valence-electron chi connectivity index (χ4n) is 1.72. The average molecular weight is 309 g/mol. The summed E-state index contributed by atoms with van der Waals surface area (Å²) in [4.78, 5) is 16.7. The van der Waals surface area contributed by atoms with E-state index >= 15 is 0 Å². The molecule has 116 valence electrons. The number of nitrogens with zero attached hydrogens (tertiary/aromatic N) is 2. The van der Waals surface area contributed by atoms with Gasteiger partial charge in [0.25, 0.3) is 5.91 Å². The summed E-state index contributed by atoms with van der Waals surface area (Å²) < 4.78 is 5.03. The zero-order valence-corrected chi connectivity index (χ0v) is 12.5. The van der Waals surface area contributed by atoms with Crippen LogP contribution in [0, 0.1) is 11.3 Å². The molecule has 0 spiro atoms. The minimum atomic E-state index is -0.394. The maximum atomic E-state index is 11.7. The Bertz CT molecular complexity index is 716. The highest BCUT2D eigenvalue weighted by Gasteiger charge is 1.99. The van der Waals surface area contributed by atoms with Crippen LogP contribution >= 0.6 is 0 Å². The first-order chi connectivity index (χ1) is 11.2. The molecule has 1 amide bonds. The lowest BCUT2D eigenvalue weighted by Crippen LogP contribution is -2.12. The predicted molar refractivity (Wildman–Crippen MR) is 86.1 cm³/mol. The largest absolute Gasteiger partial charge is 0.497 e. The van der Waals surface area contributed by atoms with Crippen molar-refractivity contribution in [3.63, 3.8) is 0 Å². The summed E-state index contributed by atoms with van der Waals surface area (Å²) in [7, 11) is 1.57. The van der Waals surface area contributed by atoms with Gasteiger partial charge in [0, 0.05) is 5.69 Å². The van der Waals surface area contributed by atoms with Crippen molar-refractivity contribution in [1.82, 2.24) is 0 Å². The van der Waals surface area contributed by atoms with Crippen molar-refractivity contribution >= 4 is 17.8 Å². The molecule has 0 unspecified atom stereocenters. The molecule has 0 fully saturated rings. The molecule has 0 aliphatic carbocycles. The molecule has 0 aliphatic rings. The molecule has 0 aliphatic heterocycles. The number of ether oxygens (including phenoxy) is 1. The van der Waals surface area contributed by atoms with Crippen molar-refractivity contribution in [3.05, 3.63) is 59.7 Å². The Kier molecular flexibility index (Phi) is 5.72. The number of methoxy groups -OCH3 is 1. The van der Waals surface area contributed by atoms with Crippen LogP contribution in [0.1, 0.15) is 11.1 Å². The predicted octanol–water partition coefficient (Wildman–Crippen LogP) is 2.71. The monoisotopic (exact) mass is 309 g/mol. The third-order valence-electron chi connectivity index (χ3n) is 2.92. The van der Waals surface area contributed by atoms with Crippen molar-refractivity contribution in [2.45, 2.75) is 6.61 Å². The third-order valence-corrected chi connectivity index (χ3v) is 2.92. The molecule has 1 N–H and O–H groups in total. The number of rotatable bonds is 6. The van der Waals surface area contributed by atoms with Crippen LogP contribution in [0.4, 0.5) is 5.69 Å². The number of carbonyl (C=O) groups is 1. The highest BCUT2D eigenvalue weighted by atomic mass is 16.6. The Hall–Kier alpha value is -3.33. The second-order valence-electron chi connectivity index (χ2n) is 4.53. The quantitative estimate of drug-likeness (QED) is 0.657. The van der Waals surface area contributed by atoms with Gasteiger partial charge in [0.15, 0.2) is 0 Å². The highest BCUT2D eigenvalue weighted by Crippen LogP contribution is 2.14. The maximum absolute atomic E-state index is 11.7. The molecule has 2 aromatic carbocycles. The number of hydrogen-bond donors (Lipinski definition) is 1. The Morgan fingerprint density at radius 1 is 1.22 bits per heavy atom. The minimum Gasteiger partial charge on any atom is -0.497 e. The number of oxime groups is 1. The van der Waals surface area contributed by atoms with E-state index < -0.39 is 5.91 Å². The van der Waals surface area contributed by atoms with Gasteiger partial charge in [0.05, 0.1) is 18.7 Å². The zero-order valence-electron chi connectivity index (χ0n) is 12.5. The van der Waals surface area contributed by atoms with E-state index in [1.54, 1.807) is 55.6 Å². The van der Waals surface area contributed by atoms with Crippen LogP contribution in [0.15, 0.2) is 53.7 Å². The number of hydrogen-bond acceptors (Lipinski definition) is 5. The molecule has 2 aromatic rings. The zero-order chi connectivity index (χ0) is 16.5. The smallest absolute Gasteiger partial charge is 0.270 e. The van der Waals surface area contributed by atoms with E-state index in [-0.39, 0.29) is 6.61 Å². The number of nitriles is 1. The second-order valence-corrected chi connectivity index (χ2v) is 4.53. The van der Waals surface area contributed by atoms with Crippen molar-refractivity contribution in [2.24, 2.45) is 5.16 Å². The molecular formula is C17H15N3O3. The van der Waals surface area contributed by atoms with Gasteiger partial charge in [-0.2, -0.15) is 5.26 Å². The van der Waals surface area contributed by atoms with E-state index in [4.69, 9.17) is 14.8 Å². The topological polar surface area (TPSA) is 83.7 Å². The summed E-state index contributed by atoms with van der Waals surface area (Å²) in [6.07, 6.45) is 1.06. The third kappa shape index (κ3) is 5.17. The molecule has 0 aromatic heterocycles. The van der Waals surface area contributed by atoms with E-state index in [2.05, 4.69) is 10.5 Å². The van der Waals surface area contributed by atoms with Gasteiger partial charge in [-0.05, 0) is 42.0 Å². The lowest BCUT2D eigenvalue weighted by molar-refractivity contribution is -0.110. The molecule has 0 saturated heterocycles. The van der Waals surface area contributed by atoms with Gasteiger partial charge in [0.1, 0.15) is 18.6 Å². The van der Waals surface area contributed by atoms with Crippen LogP contribution in [0.3, 0.4) is 0 Å². The number of amides is 1. The maximum Gasteiger partial charge on any atom is 0.270 e. The average Bonchev–Trinajstić information content (AvgIpc) is 2.60. The highest BCUT2D eigenvalue weighted by molar-refractivity contribution is 6.31. The molecule has 6 nitrogen and oxygen atoms in total. The first-order valence-electron chi connectivity index (χ1n) is 6.80. The molecule has 0 saturated carbocycles. The molecule has 0 atom stereocenters. The second kappa shape index (κ2) is 8.20. The van der Waals surface area contributed by atoms with Crippen LogP contribution < -0.4 is 10.1 Å². The summed E-state index contributed by atoms with van der Waals surface area (Å²) in [6, 6.07) is 15.9. The van der Waals surface area contributed by atoms with E-state index in [9.17, 15) is 4.79 Å². The van der Waals surface area contributed by atoms with E-state index in [0.29, 0.717) is 17.0 Å². The SMILES string of the molecule is COc1ccc(NC(=O)/C=N/OCc2ccc(C#N)cc2)cc1. The van der Waals surface area contributed by atoms with Crippen LogP contribution in [0.2, 0.25) is 0 Å². The summed E-state index contributed by atoms with van der Waals surface area (Å²) in [6.45, 7) is 0.220. The summed E-state index contributed by atoms with van der Waals surface area (Å²) in [5, 5.41) is 15.0. The van der Waals surface area contributed by atoms with Gasteiger partial charge in [0.2, 0.25) is 0 Å². The van der Waals surface area contributed by atoms with Crippen molar-refractivity contribution in [3.8, 4) is 11.8 Å². The van der Waals surface area contributed by atoms with Gasteiger partial charge in [-0.25, -0.2) is 0 Å². The number of anilines is 1. The normalized spacial score (nSPS) is 10.1. The number of carbonyl (C=O) groups excluding carboxylic acids is 1. The Labute approximate surface area is 133 Å². The molecule has 0 radical (unpaired) electrons. The molecule has 6 heteroatoms. The van der Waals surface area contributed by atoms with Crippen molar-refractivity contribution in [2.75, 3.05) is 12.4 Å². The van der Waals surface area contributed by atoms with E-state index in [1.165, 1.54) is 0 Å². The number of benzene rings is 2. The number of nitrogens with one attached hydrogen (secondary N) is 1. The summed E-state index contributed by atoms with van der Waals surface area (Å²) in [5.41, 5.74) is 2.07. The fraction of sp³-hybridized carbons (Fsp3) is 0.118. The Morgan fingerprint density at radius 3 is 2.52 bits per heavy atom. The van der Waals surface area contributed by atoms with Gasteiger partial charge < -0.3 is 14.9 Å². The van der Waals surface area contributed by atoms with Crippen LogP contribution in [-0.4, -0.2) is 19.2 Å². The summed E-state index contributed by atoms with van der Waals surface area (Å²) in [5.74, 6) is 0.317. The van der Waals surface area contributed by atoms with E-state index in [1.807, 2.05) is 6.07 Å². The Balaban J connectivity index is 1.77. The molecule has 0 heterocycles. The van der Waals surface area contributed by atoms with Crippen LogP contribution in [0.5, 0.6) is 5.75 Å². The van der Waals surface area contributed by atoms with E-state index in [0.717, 1.165) is 11.8 Å². The van der Waals surface area contributed by atoms with Crippen LogP contribution in [0.25, 0.3) is 0 Å². The minimum absolute atomic E-state index is 0.220. The molecule has 2 rings (SSSR count). The Morgan fingerprint density at radius 2 is 1.91 bits per heavy atom. The van der Waals surface area contributed by atoms with Crippen molar-refractivity contribution < 1.29 is 14.4 Å².